The van der Waals surface area contributed by atoms with Crippen molar-refractivity contribution in [2.24, 2.45) is 17.6 Å². The molecule has 112 valence electrons. The number of nitrogens with two attached hydrogens (primary N) is 1. The second kappa shape index (κ2) is 5.07. The van der Waals surface area contributed by atoms with E-state index in [4.69, 9.17) is 5.73 Å². The summed E-state index contributed by atoms with van der Waals surface area (Å²) < 4.78 is 0. The van der Waals surface area contributed by atoms with Crippen molar-refractivity contribution in [3.05, 3.63) is 0 Å². The number of carbonyl (C=O) groups excluding carboxylic acids is 3. The van der Waals surface area contributed by atoms with Gasteiger partial charge in [-0.1, -0.05) is 13.8 Å². The van der Waals surface area contributed by atoms with Gasteiger partial charge in [0.05, 0.1) is 0 Å². The van der Waals surface area contributed by atoms with E-state index in [-0.39, 0.29) is 23.7 Å². The molecule has 3 amide bonds. The van der Waals surface area contributed by atoms with Gasteiger partial charge in [-0.2, -0.15) is 0 Å². The molecule has 2 unspecified atom stereocenters. The average molecular weight is 281 g/mol. The van der Waals surface area contributed by atoms with Crippen molar-refractivity contribution >= 4 is 17.7 Å². The smallest absolute Gasteiger partial charge is 0.243 e. The number of primary amides is 1. The molecule has 0 radical (unpaired) electrons. The quantitative estimate of drug-likeness (QED) is 0.760. The Labute approximate surface area is 119 Å². The third-order valence-corrected chi connectivity index (χ3v) is 4.57. The van der Waals surface area contributed by atoms with Gasteiger partial charge >= 0.3 is 0 Å². The molecule has 2 aliphatic rings. The Bertz CT molecular complexity index is 449. The normalized spacial score (nSPS) is 32.3. The van der Waals surface area contributed by atoms with Gasteiger partial charge < -0.3 is 16.0 Å². The molecule has 6 nitrogen and oxygen atoms in total. The first-order valence-electron chi connectivity index (χ1n) is 7.18. The summed E-state index contributed by atoms with van der Waals surface area (Å²) in [7, 11) is 0. The third-order valence-electron chi connectivity index (χ3n) is 4.57. The van der Waals surface area contributed by atoms with Crippen molar-refractivity contribution in [2.75, 3.05) is 6.54 Å². The Morgan fingerprint density at radius 1 is 1.35 bits per heavy atom. The molecule has 3 atom stereocenters. The number of nitrogens with one attached hydrogen (secondary N) is 1. The summed E-state index contributed by atoms with van der Waals surface area (Å²) in [4.78, 5) is 37.1. The van der Waals surface area contributed by atoms with Gasteiger partial charge in [0.2, 0.25) is 17.7 Å². The van der Waals surface area contributed by atoms with Crippen LogP contribution in [0.25, 0.3) is 0 Å². The zero-order valence-corrected chi connectivity index (χ0v) is 12.3. The van der Waals surface area contributed by atoms with E-state index >= 15 is 0 Å². The second-order valence-electron chi connectivity index (χ2n) is 6.25. The second-order valence-corrected chi connectivity index (χ2v) is 6.25. The Morgan fingerprint density at radius 3 is 2.45 bits per heavy atom. The zero-order chi connectivity index (χ0) is 15.1. The number of carbonyl (C=O) groups is 3. The highest BCUT2D eigenvalue weighted by Crippen LogP contribution is 2.48. The molecular formula is C14H23N3O3. The van der Waals surface area contributed by atoms with Crippen LogP contribution in [0, 0.1) is 11.8 Å². The van der Waals surface area contributed by atoms with E-state index in [1.54, 1.807) is 4.90 Å². The lowest BCUT2D eigenvalue weighted by atomic mass is 10.0. The van der Waals surface area contributed by atoms with E-state index < -0.39 is 17.5 Å². The summed E-state index contributed by atoms with van der Waals surface area (Å²) in [6.07, 6.45) is 2.06. The molecule has 1 saturated heterocycles. The number of rotatable bonds is 4. The van der Waals surface area contributed by atoms with E-state index in [0.717, 1.165) is 6.42 Å². The molecule has 1 aliphatic carbocycles. The van der Waals surface area contributed by atoms with E-state index in [2.05, 4.69) is 5.32 Å². The molecule has 0 aromatic rings. The first-order valence-corrected chi connectivity index (χ1v) is 7.18. The maximum atomic E-state index is 12.4. The summed E-state index contributed by atoms with van der Waals surface area (Å²) in [6.45, 7) is 6.09. The van der Waals surface area contributed by atoms with Crippen LogP contribution in [-0.2, 0) is 14.4 Å². The van der Waals surface area contributed by atoms with Gasteiger partial charge in [0, 0.05) is 13.5 Å². The molecule has 1 saturated carbocycles. The molecule has 0 aromatic carbocycles. The van der Waals surface area contributed by atoms with Crippen LogP contribution < -0.4 is 11.1 Å². The van der Waals surface area contributed by atoms with Crippen molar-refractivity contribution in [1.82, 2.24) is 10.2 Å². The number of hydrogen-bond donors (Lipinski definition) is 2. The minimum Gasteiger partial charge on any atom is -0.368 e. The molecule has 20 heavy (non-hydrogen) atoms. The fourth-order valence-electron chi connectivity index (χ4n) is 3.30. The van der Waals surface area contributed by atoms with Crippen molar-refractivity contribution < 1.29 is 14.4 Å². The highest BCUT2D eigenvalue weighted by atomic mass is 16.2. The predicted molar refractivity (Wildman–Crippen MR) is 73.4 cm³/mol. The number of amides is 3. The van der Waals surface area contributed by atoms with Crippen LogP contribution in [0.3, 0.4) is 0 Å². The number of nitrogens with zero attached hydrogens (tertiary/aromatic N) is 1. The van der Waals surface area contributed by atoms with Gasteiger partial charge in [0.15, 0.2) is 0 Å². The summed E-state index contributed by atoms with van der Waals surface area (Å²) in [6, 6.07) is -0.461. The Morgan fingerprint density at radius 2 is 2.00 bits per heavy atom. The monoisotopic (exact) mass is 281 g/mol. The lowest BCUT2D eigenvalue weighted by Gasteiger charge is -2.25. The first kappa shape index (κ1) is 14.8. The van der Waals surface area contributed by atoms with Gasteiger partial charge in [0.25, 0.3) is 0 Å². The molecule has 3 N–H and O–H groups in total. The topological polar surface area (TPSA) is 92.5 Å². The molecule has 0 aromatic heterocycles. The maximum Gasteiger partial charge on any atom is 0.243 e. The number of likely N-dealkylation sites (tertiary alicyclic amines) is 1. The van der Waals surface area contributed by atoms with E-state index in [1.165, 1.54) is 6.92 Å². The molecular weight excluding hydrogens is 258 g/mol. The minimum absolute atomic E-state index is 0.0936. The summed E-state index contributed by atoms with van der Waals surface area (Å²) in [5.41, 5.74) is 4.56. The summed E-state index contributed by atoms with van der Waals surface area (Å²) in [5, 5.41) is 2.82. The van der Waals surface area contributed by atoms with Crippen LogP contribution in [0.5, 0.6) is 0 Å². The zero-order valence-electron chi connectivity index (χ0n) is 12.3. The van der Waals surface area contributed by atoms with Crippen LogP contribution in [0.2, 0.25) is 0 Å². The van der Waals surface area contributed by atoms with E-state index in [0.29, 0.717) is 19.4 Å². The van der Waals surface area contributed by atoms with Gasteiger partial charge in [-0.05, 0) is 31.1 Å². The molecule has 2 fully saturated rings. The predicted octanol–water partition coefficient (Wildman–Crippen LogP) is 0.0135. The van der Waals surface area contributed by atoms with Crippen molar-refractivity contribution in [2.45, 2.75) is 51.6 Å². The molecule has 0 spiro atoms. The average Bonchev–Trinajstić information content (AvgIpc) is 2.86. The molecule has 0 bridgehead atoms. The van der Waals surface area contributed by atoms with Crippen LogP contribution in [0.15, 0.2) is 0 Å². The fourth-order valence-corrected chi connectivity index (χ4v) is 3.30. The van der Waals surface area contributed by atoms with Crippen molar-refractivity contribution in [1.29, 1.82) is 0 Å². The fraction of sp³-hybridized carbons (Fsp3) is 0.786. The van der Waals surface area contributed by atoms with Crippen LogP contribution in [-0.4, -0.2) is 40.7 Å². The standard InChI is InChI=1S/C14H23N3O3/c1-8(2)10-7-14(10,13(15)20)16-12(19)11-5-4-6-17(11)9(3)18/h8,10-11H,4-7H2,1-3H3,(H2,15,20)(H,16,19)/t10?,11-,14?/m0/s1. The molecule has 1 aliphatic heterocycles. The van der Waals surface area contributed by atoms with Crippen LogP contribution in [0.1, 0.15) is 40.0 Å². The van der Waals surface area contributed by atoms with E-state index in [9.17, 15) is 14.4 Å². The molecule has 1 heterocycles. The minimum atomic E-state index is -0.906. The van der Waals surface area contributed by atoms with Gasteiger partial charge in [0.1, 0.15) is 11.6 Å². The number of hydrogen-bond acceptors (Lipinski definition) is 3. The molecule has 6 heteroatoms. The first-order chi connectivity index (χ1) is 9.29. The van der Waals surface area contributed by atoms with Crippen molar-refractivity contribution in [3.63, 3.8) is 0 Å². The van der Waals surface area contributed by atoms with E-state index in [1.807, 2.05) is 13.8 Å². The third kappa shape index (κ3) is 2.39. The van der Waals surface area contributed by atoms with Crippen molar-refractivity contribution in [3.8, 4) is 0 Å². The maximum absolute atomic E-state index is 12.4. The molecule has 2 rings (SSSR count). The highest BCUT2D eigenvalue weighted by Gasteiger charge is 2.61. The SMILES string of the molecule is CC(=O)N1CCC[C@H]1C(=O)NC1(C(N)=O)CC1C(C)C. The lowest BCUT2D eigenvalue weighted by Crippen LogP contribution is -2.54. The Hall–Kier alpha value is -1.59. The highest BCUT2D eigenvalue weighted by molar-refractivity contribution is 5.96. The van der Waals surface area contributed by atoms with Gasteiger partial charge in [-0.3, -0.25) is 14.4 Å². The lowest BCUT2D eigenvalue weighted by molar-refractivity contribution is -0.138. The van der Waals surface area contributed by atoms with Crippen LogP contribution >= 0.6 is 0 Å². The van der Waals surface area contributed by atoms with Crippen LogP contribution in [0.4, 0.5) is 0 Å². The summed E-state index contributed by atoms with van der Waals surface area (Å²) in [5.74, 6) is -0.449. The van der Waals surface area contributed by atoms with Gasteiger partial charge in [-0.25, -0.2) is 0 Å². The Kier molecular flexibility index (Phi) is 3.75. The Balaban J connectivity index is 2.07. The largest absolute Gasteiger partial charge is 0.368 e. The summed E-state index contributed by atoms with van der Waals surface area (Å²) >= 11 is 0. The van der Waals surface area contributed by atoms with Gasteiger partial charge in [-0.15, -0.1) is 0 Å².